The second-order valence-corrected chi connectivity index (χ2v) is 7.01. The maximum Gasteiger partial charge on any atom is 0.191 e. The number of nitrogens with one attached hydrogen (secondary N) is 2. The van der Waals surface area contributed by atoms with Gasteiger partial charge in [0.1, 0.15) is 0 Å². The third-order valence-corrected chi connectivity index (χ3v) is 5.04. The summed E-state index contributed by atoms with van der Waals surface area (Å²) in [6.45, 7) is 10.4. The monoisotopic (exact) mass is 461 g/mol. The molecule has 5 nitrogen and oxygen atoms in total. The number of aromatic nitrogens is 2. The molecular weight excluding hydrogens is 425 g/mol. The van der Waals surface area contributed by atoms with Gasteiger partial charge in [-0.15, -0.1) is 24.0 Å². The van der Waals surface area contributed by atoms with Crippen molar-refractivity contribution in [3.8, 4) is 0 Å². The van der Waals surface area contributed by atoms with E-state index in [1.54, 1.807) is 0 Å². The van der Waals surface area contributed by atoms with Crippen molar-refractivity contribution in [3.63, 3.8) is 0 Å². The van der Waals surface area contributed by atoms with Gasteiger partial charge in [-0.1, -0.05) is 33.6 Å². The van der Waals surface area contributed by atoms with Crippen LogP contribution in [0, 0.1) is 5.92 Å². The number of aliphatic imine (C=N–C) groups is 1. The molecular formula is C19H36IN5. The van der Waals surface area contributed by atoms with E-state index in [1.807, 2.05) is 11.7 Å². The summed E-state index contributed by atoms with van der Waals surface area (Å²) in [4.78, 5) is 4.87. The summed E-state index contributed by atoms with van der Waals surface area (Å²) in [6.07, 6.45) is 7.14. The summed E-state index contributed by atoms with van der Waals surface area (Å²) in [5, 5.41) is 11.7. The molecule has 0 amide bonds. The molecule has 1 heterocycles. The van der Waals surface area contributed by atoms with Crippen LogP contribution in [0.25, 0.3) is 0 Å². The Hall–Kier alpha value is -0.790. The highest BCUT2D eigenvalue weighted by Crippen LogP contribution is 2.23. The van der Waals surface area contributed by atoms with Gasteiger partial charge in [0.2, 0.25) is 0 Å². The molecule has 0 bridgehead atoms. The van der Waals surface area contributed by atoms with E-state index < -0.39 is 0 Å². The normalized spacial score (nSPS) is 20.9. The molecule has 1 fully saturated rings. The van der Waals surface area contributed by atoms with E-state index in [9.17, 15) is 0 Å². The summed E-state index contributed by atoms with van der Waals surface area (Å²) < 4.78 is 2.02. The predicted octanol–water partition coefficient (Wildman–Crippen LogP) is 3.80. The quantitative estimate of drug-likeness (QED) is 0.385. The van der Waals surface area contributed by atoms with E-state index in [4.69, 9.17) is 4.99 Å². The van der Waals surface area contributed by atoms with Gasteiger partial charge in [-0.3, -0.25) is 4.68 Å². The number of hydrogen-bond donors (Lipinski definition) is 2. The number of halogens is 1. The van der Waals surface area contributed by atoms with Gasteiger partial charge < -0.3 is 10.6 Å². The number of hydrogen-bond acceptors (Lipinski definition) is 2. The van der Waals surface area contributed by atoms with Crippen LogP contribution in [0.5, 0.6) is 0 Å². The lowest BCUT2D eigenvalue weighted by Crippen LogP contribution is -2.45. The largest absolute Gasteiger partial charge is 0.357 e. The first-order chi connectivity index (χ1) is 11.6. The second kappa shape index (κ2) is 11.0. The minimum absolute atomic E-state index is 0. The SMILES string of the molecule is CCNC(=NCc1c(CC)nn(C)c1CC)NC1CCCC(C)C1.I. The fraction of sp³-hybridized carbons (Fsp3) is 0.789. The Labute approximate surface area is 170 Å². The Kier molecular flexibility index (Phi) is 9.82. The Morgan fingerprint density at radius 2 is 2.00 bits per heavy atom. The van der Waals surface area contributed by atoms with Crippen molar-refractivity contribution in [1.29, 1.82) is 0 Å². The highest BCUT2D eigenvalue weighted by Gasteiger charge is 2.20. The molecule has 2 N–H and O–H groups in total. The predicted molar refractivity (Wildman–Crippen MR) is 117 cm³/mol. The zero-order valence-corrected chi connectivity index (χ0v) is 18.9. The van der Waals surface area contributed by atoms with Crippen molar-refractivity contribution in [3.05, 3.63) is 17.0 Å². The van der Waals surface area contributed by atoms with Crippen molar-refractivity contribution in [1.82, 2.24) is 20.4 Å². The number of aryl methyl sites for hydroxylation is 2. The van der Waals surface area contributed by atoms with Crippen LogP contribution < -0.4 is 10.6 Å². The van der Waals surface area contributed by atoms with E-state index in [0.29, 0.717) is 12.6 Å². The lowest BCUT2D eigenvalue weighted by Gasteiger charge is -2.28. The summed E-state index contributed by atoms with van der Waals surface area (Å²) in [6, 6.07) is 0.553. The van der Waals surface area contributed by atoms with Crippen molar-refractivity contribution in [2.24, 2.45) is 18.0 Å². The third kappa shape index (κ3) is 6.15. The lowest BCUT2D eigenvalue weighted by molar-refractivity contribution is 0.324. The number of nitrogens with zero attached hydrogens (tertiary/aromatic N) is 3. The van der Waals surface area contributed by atoms with Crippen LogP contribution in [-0.4, -0.2) is 28.3 Å². The minimum atomic E-state index is 0. The molecule has 25 heavy (non-hydrogen) atoms. The van der Waals surface area contributed by atoms with Crippen LogP contribution in [0.4, 0.5) is 0 Å². The van der Waals surface area contributed by atoms with Crippen LogP contribution in [0.3, 0.4) is 0 Å². The summed E-state index contributed by atoms with van der Waals surface area (Å²) in [7, 11) is 2.04. The molecule has 0 aliphatic heterocycles. The topological polar surface area (TPSA) is 54.2 Å². The van der Waals surface area contributed by atoms with Gasteiger partial charge in [0, 0.05) is 30.9 Å². The Bertz CT molecular complexity index is 552. The molecule has 1 aliphatic rings. The van der Waals surface area contributed by atoms with E-state index in [2.05, 4.69) is 43.4 Å². The first kappa shape index (κ1) is 22.3. The number of guanidine groups is 1. The van der Waals surface area contributed by atoms with Crippen molar-refractivity contribution < 1.29 is 0 Å². The van der Waals surface area contributed by atoms with Crippen LogP contribution in [-0.2, 0) is 26.4 Å². The van der Waals surface area contributed by atoms with E-state index in [-0.39, 0.29) is 24.0 Å². The van der Waals surface area contributed by atoms with E-state index >= 15 is 0 Å². The van der Waals surface area contributed by atoms with Gasteiger partial charge in [0.25, 0.3) is 0 Å². The Balaban J connectivity index is 0.00000312. The van der Waals surface area contributed by atoms with Gasteiger partial charge in [0.15, 0.2) is 5.96 Å². The molecule has 144 valence electrons. The molecule has 1 saturated carbocycles. The second-order valence-electron chi connectivity index (χ2n) is 7.01. The molecule has 2 rings (SSSR count). The maximum atomic E-state index is 4.87. The smallest absolute Gasteiger partial charge is 0.191 e. The zero-order chi connectivity index (χ0) is 17.5. The first-order valence-electron chi connectivity index (χ1n) is 9.67. The third-order valence-electron chi connectivity index (χ3n) is 5.04. The molecule has 0 aromatic carbocycles. The zero-order valence-electron chi connectivity index (χ0n) is 16.6. The summed E-state index contributed by atoms with van der Waals surface area (Å²) >= 11 is 0. The molecule has 1 aromatic rings. The Morgan fingerprint density at radius 3 is 2.60 bits per heavy atom. The minimum Gasteiger partial charge on any atom is -0.357 e. The number of rotatable bonds is 6. The molecule has 1 aromatic heterocycles. The highest BCUT2D eigenvalue weighted by atomic mass is 127. The lowest BCUT2D eigenvalue weighted by atomic mass is 9.87. The van der Waals surface area contributed by atoms with Gasteiger partial charge >= 0.3 is 0 Å². The maximum absolute atomic E-state index is 4.87. The molecule has 2 atom stereocenters. The average Bonchev–Trinajstić information content (AvgIpc) is 2.87. The average molecular weight is 461 g/mol. The van der Waals surface area contributed by atoms with Crippen molar-refractivity contribution in [2.45, 2.75) is 78.8 Å². The van der Waals surface area contributed by atoms with Gasteiger partial charge in [-0.05, 0) is 38.5 Å². The fourth-order valence-corrected chi connectivity index (χ4v) is 3.81. The first-order valence-corrected chi connectivity index (χ1v) is 9.67. The van der Waals surface area contributed by atoms with Crippen LogP contribution in [0.15, 0.2) is 4.99 Å². The van der Waals surface area contributed by atoms with Crippen LogP contribution in [0.2, 0.25) is 0 Å². The van der Waals surface area contributed by atoms with E-state index in [1.165, 1.54) is 42.6 Å². The molecule has 0 radical (unpaired) electrons. The standard InChI is InChI=1S/C19H35N5.HI/c1-6-17-16(18(7-2)24(5)23-17)13-21-19(20-8-3)22-15-11-9-10-14(4)12-15;/h14-15H,6-13H2,1-5H3,(H2,20,21,22);1H. The highest BCUT2D eigenvalue weighted by molar-refractivity contribution is 14.0. The summed E-state index contributed by atoms with van der Waals surface area (Å²) in [5.74, 6) is 1.76. The van der Waals surface area contributed by atoms with Crippen LogP contribution >= 0.6 is 24.0 Å². The van der Waals surface area contributed by atoms with E-state index in [0.717, 1.165) is 31.3 Å². The summed E-state index contributed by atoms with van der Waals surface area (Å²) in [5.41, 5.74) is 3.79. The van der Waals surface area contributed by atoms with Crippen molar-refractivity contribution >= 4 is 29.9 Å². The molecule has 6 heteroatoms. The van der Waals surface area contributed by atoms with Gasteiger partial charge in [-0.2, -0.15) is 5.10 Å². The molecule has 2 unspecified atom stereocenters. The van der Waals surface area contributed by atoms with Gasteiger partial charge in [0.05, 0.1) is 12.2 Å². The fourth-order valence-electron chi connectivity index (χ4n) is 3.81. The molecule has 0 saturated heterocycles. The van der Waals surface area contributed by atoms with Crippen LogP contribution in [0.1, 0.15) is 70.3 Å². The molecule has 0 spiro atoms. The van der Waals surface area contributed by atoms with Gasteiger partial charge in [-0.25, -0.2) is 4.99 Å². The van der Waals surface area contributed by atoms with Crippen molar-refractivity contribution in [2.75, 3.05) is 6.54 Å². The Morgan fingerprint density at radius 1 is 1.24 bits per heavy atom. The molecule has 1 aliphatic carbocycles.